The fourth-order valence-electron chi connectivity index (χ4n) is 2.52. The molecule has 3 N–H and O–H groups in total. The number of nitrogens with zero attached hydrogens (tertiary/aromatic N) is 1. The zero-order valence-corrected chi connectivity index (χ0v) is 10.6. The summed E-state index contributed by atoms with van der Waals surface area (Å²) in [7, 11) is 0. The molecule has 0 spiro atoms. The molecule has 0 saturated heterocycles. The highest BCUT2D eigenvalue weighted by molar-refractivity contribution is 5.92. The van der Waals surface area contributed by atoms with Gasteiger partial charge in [0.15, 0.2) is 0 Å². The number of nitrogen functional groups attached to an aromatic ring is 1. The van der Waals surface area contributed by atoms with E-state index < -0.39 is 0 Å². The monoisotopic (exact) mass is 257 g/mol. The number of hydrogen-bond acceptors (Lipinski definition) is 4. The lowest BCUT2D eigenvalue weighted by Gasteiger charge is -2.13. The van der Waals surface area contributed by atoms with Gasteiger partial charge in [-0.25, -0.2) is 0 Å². The predicted molar refractivity (Wildman–Crippen MR) is 70.6 cm³/mol. The highest BCUT2D eigenvalue weighted by Gasteiger charge is 2.26. The molecule has 19 heavy (non-hydrogen) atoms. The molecule has 5 heteroatoms. The van der Waals surface area contributed by atoms with E-state index in [-0.39, 0.29) is 17.7 Å². The Morgan fingerprint density at radius 3 is 3.11 bits per heavy atom. The molecule has 0 aliphatic heterocycles. The van der Waals surface area contributed by atoms with Gasteiger partial charge in [0.25, 0.3) is 5.91 Å². The van der Waals surface area contributed by atoms with Crippen LogP contribution >= 0.6 is 0 Å². The largest absolute Gasteiger partial charge is 0.399 e. The van der Waals surface area contributed by atoms with Crippen molar-refractivity contribution in [3.8, 4) is 0 Å². The van der Waals surface area contributed by atoms with E-state index in [0.29, 0.717) is 0 Å². The van der Waals surface area contributed by atoms with Gasteiger partial charge in [0.2, 0.25) is 5.76 Å². The number of aryl methyl sites for hydroxylation is 2. The highest BCUT2D eigenvalue weighted by atomic mass is 16.5. The van der Waals surface area contributed by atoms with Gasteiger partial charge in [0.1, 0.15) is 0 Å². The number of rotatable bonds is 2. The topological polar surface area (TPSA) is 81.2 Å². The van der Waals surface area contributed by atoms with E-state index in [1.165, 1.54) is 11.8 Å². The quantitative estimate of drug-likeness (QED) is 0.806. The second-order valence-corrected chi connectivity index (χ2v) is 4.86. The average Bonchev–Trinajstić information content (AvgIpc) is 2.96. The second-order valence-electron chi connectivity index (χ2n) is 4.86. The van der Waals surface area contributed by atoms with E-state index in [4.69, 9.17) is 10.3 Å². The third kappa shape index (κ3) is 2.07. The number of benzene rings is 1. The minimum Gasteiger partial charge on any atom is -0.399 e. The molecule has 2 aromatic rings. The number of hydrogen-bond donors (Lipinski definition) is 2. The summed E-state index contributed by atoms with van der Waals surface area (Å²) < 4.78 is 4.96. The van der Waals surface area contributed by atoms with Crippen LogP contribution in [0.15, 0.2) is 28.9 Å². The minimum atomic E-state index is -0.218. The number of nitrogens with two attached hydrogens (primary N) is 1. The summed E-state index contributed by atoms with van der Waals surface area (Å²) in [5.41, 5.74) is 9.62. The normalized spacial score (nSPS) is 17.2. The molecule has 1 amide bonds. The first kappa shape index (κ1) is 11.8. The van der Waals surface area contributed by atoms with Crippen LogP contribution in [0.3, 0.4) is 0 Å². The lowest BCUT2D eigenvalue weighted by Crippen LogP contribution is -2.27. The van der Waals surface area contributed by atoms with Crippen molar-refractivity contribution in [3.05, 3.63) is 46.8 Å². The molecule has 5 nitrogen and oxygen atoms in total. The highest BCUT2D eigenvalue weighted by Crippen LogP contribution is 2.32. The predicted octanol–water partition coefficient (Wildman–Crippen LogP) is 1.98. The Morgan fingerprint density at radius 1 is 1.53 bits per heavy atom. The summed E-state index contributed by atoms with van der Waals surface area (Å²) in [5.74, 6) is 0.0635. The van der Waals surface area contributed by atoms with E-state index in [2.05, 4.69) is 10.5 Å². The van der Waals surface area contributed by atoms with Crippen LogP contribution in [0, 0.1) is 6.92 Å². The summed E-state index contributed by atoms with van der Waals surface area (Å²) in [5, 5.41) is 6.61. The van der Waals surface area contributed by atoms with Gasteiger partial charge in [-0.2, -0.15) is 0 Å². The van der Waals surface area contributed by atoms with E-state index in [1.807, 2.05) is 18.2 Å². The number of carbonyl (C=O) groups excluding carboxylic acids is 1. The van der Waals surface area contributed by atoms with Crippen molar-refractivity contribution in [1.82, 2.24) is 10.5 Å². The molecule has 1 heterocycles. The van der Waals surface area contributed by atoms with Gasteiger partial charge in [-0.05, 0) is 43.0 Å². The first-order valence-electron chi connectivity index (χ1n) is 6.25. The van der Waals surface area contributed by atoms with Crippen molar-refractivity contribution in [1.29, 1.82) is 0 Å². The van der Waals surface area contributed by atoms with Crippen molar-refractivity contribution in [2.24, 2.45) is 0 Å². The SMILES string of the molecule is Cc1cnoc1C(=O)NC1CCc2cc(N)ccc21. The van der Waals surface area contributed by atoms with Gasteiger partial charge in [-0.15, -0.1) is 0 Å². The first-order valence-corrected chi connectivity index (χ1v) is 6.25. The number of fused-ring (bicyclic) bond motifs is 1. The fourth-order valence-corrected chi connectivity index (χ4v) is 2.52. The third-order valence-corrected chi connectivity index (χ3v) is 3.50. The van der Waals surface area contributed by atoms with Crippen LogP contribution in [0.5, 0.6) is 0 Å². The fraction of sp³-hybridized carbons (Fsp3) is 0.286. The summed E-state index contributed by atoms with van der Waals surface area (Å²) in [6.45, 7) is 1.80. The lowest BCUT2D eigenvalue weighted by molar-refractivity contribution is 0.0898. The zero-order chi connectivity index (χ0) is 13.4. The molecule has 1 aromatic carbocycles. The van der Waals surface area contributed by atoms with Gasteiger partial charge >= 0.3 is 0 Å². The molecule has 1 unspecified atom stereocenters. The van der Waals surface area contributed by atoms with Crippen molar-refractivity contribution in [2.75, 3.05) is 5.73 Å². The molecular formula is C14H15N3O2. The molecule has 3 rings (SSSR count). The van der Waals surface area contributed by atoms with E-state index in [9.17, 15) is 4.79 Å². The van der Waals surface area contributed by atoms with Crippen molar-refractivity contribution in [3.63, 3.8) is 0 Å². The van der Waals surface area contributed by atoms with Crippen LogP contribution in [-0.2, 0) is 6.42 Å². The van der Waals surface area contributed by atoms with Gasteiger partial charge in [0, 0.05) is 11.3 Å². The summed E-state index contributed by atoms with van der Waals surface area (Å²) in [6.07, 6.45) is 3.36. The van der Waals surface area contributed by atoms with Gasteiger partial charge < -0.3 is 15.6 Å². The Balaban J connectivity index is 1.80. The first-order chi connectivity index (χ1) is 9.15. The number of anilines is 1. The van der Waals surface area contributed by atoms with E-state index in [0.717, 1.165) is 29.7 Å². The Labute approximate surface area is 110 Å². The molecule has 1 aliphatic carbocycles. The summed E-state index contributed by atoms with van der Waals surface area (Å²) >= 11 is 0. The molecule has 1 aromatic heterocycles. The van der Waals surface area contributed by atoms with Gasteiger partial charge in [0.05, 0.1) is 12.2 Å². The Kier molecular flexibility index (Phi) is 2.74. The third-order valence-electron chi connectivity index (χ3n) is 3.50. The average molecular weight is 257 g/mol. The molecule has 1 aliphatic rings. The molecule has 0 saturated carbocycles. The molecule has 0 radical (unpaired) electrons. The van der Waals surface area contributed by atoms with E-state index >= 15 is 0 Å². The van der Waals surface area contributed by atoms with Crippen LogP contribution < -0.4 is 11.1 Å². The molecule has 0 bridgehead atoms. The van der Waals surface area contributed by atoms with Gasteiger partial charge in [-0.3, -0.25) is 4.79 Å². The van der Waals surface area contributed by atoms with Crippen molar-refractivity contribution >= 4 is 11.6 Å². The smallest absolute Gasteiger partial charge is 0.290 e. The Hall–Kier alpha value is -2.30. The lowest BCUT2D eigenvalue weighted by atomic mass is 10.1. The number of nitrogens with one attached hydrogen (secondary N) is 1. The molecule has 1 atom stereocenters. The number of aromatic nitrogens is 1. The van der Waals surface area contributed by atoms with Crippen LogP contribution in [0.1, 0.15) is 39.7 Å². The standard InChI is InChI=1S/C14H15N3O2/c1-8-7-16-19-13(8)14(18)17-12-5-2-9-6-10(15)3-4-11(9)12/h3-4,6-7,12H,2,5,15H2,1H3,(H,17,18). The zero-order valence-electron chi connectivity index (χ0n) is 10.6. The van der Waals surface area contributed by atoms with Crippen LogP contribution in [-0.4, -0.2) is 11.1 Å². The maximum atomic E-state index is 12.1. The molecular weight excluding hydrogens is 242 g/mol. The van der Waals surface area contributed by atoms with Crippen LogP contribution in [0.2, 0.25) is 0 Å². The van der Waals surface area contributed by atoms with Crippen LogP contribution in [0.25, 0.3) is 0 Å². The van der Waals surface area contributed by atoms with Crippen molar-refractivity contribution < 1.29 is 9.32 Å². The minimum absolute atomic E-state index is 0.0209. The Bertz CT molecular complexity index is 633. The second kappa shape index (κ2) is 4.42. The van der Waals surface area contributed by atoms with Crippen LogP contribution in [0.4, 0.5) is 5.69 Å². The number of amides is 1. The molecule has 98 valence electrons. The summed E-state index contributed by atoms with van der Waals surface area (Å²) in [4.78, 5) is 12.1. The maximum absolute atomic E-state index is 12.1. The Morgan fingerprint density at radius 2 is 2.37 bits per heavy atom. The maximum Gasteiger partial charge on any atom is 0.290 e. The van der Waals surface area contributed by atoms with Gasteiger partial charge in [-0.1, -0.05) is 11.2 Å². The number of carbonyl (C=O) groups is 1. The van der Waals surface area contributed by atoms with Crippen molar-refractivity contribution in [2.45, 2.75) is 25.8 Å². The summed E-state index contributed by atoms with van der Waals surface area (Å²) in [6, 6.07) is 5.84. The van der Waals surface area contributed by atoms with E-state index in [1.54, 1.807) is 6.92 Å². The molecule has 0 fully saturated rings.